The van der Waals surface area contributed by atoms with Crippen molar-refractivity contribution in [2.45, 2.75) is 156 Å². The van der Waals surface area contributed by atoms with Crippen molar-refractivity contribution < 1.29 is 73.3 Å². The summed E-state index contributed by atoms with van der Waals surface area (Å²) in [6.07, 6.45) is 0.376. The van der Waals surface area contributed by atoms with Crippen molar-refractivity contribution in [3.8, 4) is 0 Å². The van der Waals surface area contributed by atoms with Crippen LogP contribution in [0.25, 0.3) is 0 Å². The molecule has 0 fully saturated rings. The largest absolute Gasteiger partial charge is 0.391 e. The van der Waals surface area contributed by atoms with Crippen LogP contribution in [0, 0.1) is 10.8 Å². The predicted molar refractivity (Wildman–Crippen MR) is 218 cm³/mol. The minimum absolute atomic E-state index is 0.139. The summed E-state index contributed by atoms with van der Waals surface area (Å²) in [5.74, 6) is 0. The van der Waals surface area contributed by atoms with Crippen LogP contribution in [0.3, 0.4) is 0 Å². The third-order valence-electron chi connectivity index (χ3n) is 9.86. The first-order valence-electron chi connectivity index (χ1n) is 21.7. The van der Waals surface area contributed by atoms with Crippen LogP contribution in [0.5, 0.6) is 0 Å². The molecule has 0 aliphatic rings. The summed E-state index contributed by atoms with van der Waals surface area (Å²) in [7, 11) is 0. The molecule has 0 rings (SSSR count). The van der Waals surface area contributed by atoms with Crippen LogP contribution in [0.1, 0.15) is 107 Å². The SMILES string of the molecule is CCC(O)COCC(COCC(O)CC)(COCC(O)CC)COCC(CC)OC(CC)COCC(COCC(O)CC)(COCC(O)CC)COCC(O)CC. The van der Waals surface area contributed by atoms with Crippen LogP contribution in [0.15, 0.2) is 0 Å². The molecular formula is C42H86O15. The van der Waals surface area contributed by atoms with E-state index in [2.05, 4.69) is 0 Å². The van der Waals surface area contributed by atoms with Gasteiger partial charge in [-0.3, -0.25) is 0 Å². The average Bonchev–Trinajstić information content (AvgIpc) is 3.21. The van der Waals surface area contributed by atoms with Gasteiger partial charge in [0.15, 0.2) is 0 Å². The maximum atomic E-state index is 10.2. The second-order valence-corrected chi connectivity index (χ2v) is 15.7. The first-order chi connectivity index (χ1) is 27.3. The van der Waals surface area contributed by atoms with Gasteiger partial charge in [-0.25, -0.2) is 0 Å². The molecule has 8 atom stereocenters. The third-order valence-corrected chi connectivity index (χ3v) is 9.86. The van der Waals surface area contributed by atoms with Crippen molar-refractivity contribution in [2.24, 2.45) is 10.8 Å². The van der Waals surface area contributed by atoms with E-state index in [0.717, 1.165) is 0 Å². The van der Waals surface area contributed by atoms with E-state index in [4.69, 9.17) is 42.6 Å². The molecule has 0 amide bonds. The Labute approximate surface area is 344 Å². The molecule has 0 saturated heterocycles. The number of aliphatic hydroxyl groups excluding tert-OH is 6. The van der Waals surface area contributed by atoms with E-state index < -0.39 is 47.5 Å². The molecule has 15 heteroatoms. The van der Waals surface area contributed by atoms with Gasteiger partial charge in [0.1, 0.15) is 0 Å². The molecule has 0 radical (unpaired) electrons. The molecule has 0 bridgehead atoms. The second-order valence-electron chi connectivity index (χ2n) is 15.7. The fraction of sp³-hybridized carbons (Fsp3) is 1.00. The van der Waals surface area contributed by atoms with Crippen molar-refractivity contribution in [3.05, 3.63) is 0 Å². The molecule has 0 spiro atoms. The van der Waals surface area contributed by atoms with E-state index in [9.17, 15) is 30.6 Å². The standard InChI is InChI=1S/C42H86O15/c1-9-33(43)17-49-25-41(26-50-18-34(44)10-2,27-51-19-35(45)11-3)31-55-23-39(15-7)57-40(16-8)24-56-32-42(28-52-20-36(46)12-4,29-53-21-37(47)13-5)30-54-22-38(48)14-6/h33-40,43-48H,9-32H2,1-8H3. The monoisotopic (exact) mass is 831 g/mol. The van der Waals surface area contributed by atoms with Crippen molar-refractivity contribution in [1.82, 2.24) is 0 Å². The van der Waals surface area contributed by atoms with Crippen molar-refractivity contribution >= 4 is 0 Å². The Morgan fingerprint density at radius 3 is 0.614 bits per heavy atom. The molecule has 344 valence electrons. The molecule has 0 aromatic heterocycles. The van der Waals surface area contributed by atoms with Crippen LogP contribution in [-0.4, -0.2) is 185 Å². The van der Waals surface area contributed by atoms with Crippen LogP contribution in [0.2, 0.25) is 0 Å². The lowest BCUT2D eigenvalue weighted by molar-refractivity contribution is -0.150. The van der Waals surface area contributed by atoms with Gasteiger partial charge in [0.2, 0.25) is 0 Å². The maximum absolute atomic E-state index is 10.2. The minimum atomic E-state index is -0.789. The fourth-order valence-electron chi connectivity index (χ4n) is 5.27. The van der Waals surface area contributed by atoms with Gasteiger partial charge < -0.3 is 73.3 Å². The number of hydrogen-bond donors (Lipinski definition) is 6. The van der Waals surface area contributed by atoms with Crippen LogP contribution in [-0.2, 0) is 42.6 Å². The Hall–Kier alpha value is -0.600. The molecule has 6 N–H and O–H groups in total. The zero-order valence-corrected chi connectivity index (χ0v) is 36.9. The van der Waals surface area contributed by atoms with Crippen molar-refractivity contribution in [1.29, 1.82) is 0 Å². The molecule has 0 saturated carbocycles. The lowest BCUT2D eigenvalue weighted by atomic mass is 9.92. The van der Waals surface area contributed by atoms with Gasteiger partial charge in [0.05, 0.1) is 165 Å². The summed E-state index contributed by atoms with van der Waals surface area (Å²) in [4.78, 5) is 0. The first-order valence-corrected chi connectivity index (χ1v) is 21.7. The van der Waals surface area contributed by atoms with E-state index in [1.807, 2.05) is 55.4 Å². The highest BCUT2D eigenvalue weighted by atomic mass is 16.6. The summed E-state index contributed by atoms with van der Waals surface area (Å²) >= 11 is 0. The van der Waals surface area contributed by atoms with Crippen LogP contribution in [0.4, 0.5) is 0 Å². The zero-order chi connectivity index (χ0) is 43.0. The summed E-state index contributed by atoms with van der Waals surface area (Å²) in [6.45, 7) is 18.1. The van der Waals surface area contributed by atoms with Crippen LogP contribution >= 0.6 is 0 Å². The lowest BCUT2D eigenvalue weighted by Gasteiger charge is -2.35. The maximum Gasteiger partial charge on any atom is 0.0810 e. The lowest BCUT2D eigenvalue weighted by Crippen LogP contribution is -2.44. The molecule has 8 unspecified atom stereocenters. The fourth-order valence-corrected chi connectivity index (χ4v) is 5.27. The summed E-state index contributed by atoms with van der Waals surface area (Å²) < 4.78 is 54.9. The Morgan fingerprint density at radius 1 is 0.281 bits per heavy atom. The second kappa shape index (κ2) is 35.0. The quantitative estimate of drug-likeness (QED) is 0.0523. The first kappa shape index (κ1) is 56.4. The Morgan fingerprint density at radius 2 is 0.456 bits per heavy atom. The number of rotatable bonds is 42. The molecule has 57 heavy (non-hydrogen) atoms. The van der Waals surface area contributed by atoms with Gasteiger partial charge in [-0.2, -0.15) is 0 Å². The van der Waals surface area contributed by atoms with E-state index >= 15 is 0 Å². The Bertz CT molecular complexity index is 737. The topological polar surface area (TPSA) is 204 Å². The normalized spacial score (nSPS) is 18.6. The molecule has 0 aromatic carbocycles. The molecular weight excluding hydrogens is 744 g/mol. The average molecular weight is 831 g/mol. The molecule has 0 heterocycles. The Balaban J connectivity index is 5.85. The van der Waals surface area contributed by atoms with E-state index in [1.165, 1.54) is 0 Å². The number of ether oxygens (including phenoxy) is 9. The molecule has 0 aliphatic carbocycles. The van der Waals surface area contributed by atoms with Gasteiger partial charge in [0, 0.05) is 0 Å². The van der Waals surface area contributed by atoms with Gasteiger partial charge in [-0.05, 0) is 51.4 Å². The highest BCUT2D eigenvalue weighted by Gasteiger charge is 2.35. The summed E-state index contributed by atoms with van der Waals surface area (Å²) in [6, 6.07) is 0. The summed E-state index contributed by atoms with van der Waals surface area (Å²) in [5.41, 5.74) is -1.58. The van der Waals surface area contributed by atoms with E-state index in [0.29, 0.717) is 51.4 Å². The number of hydrogen-bond acceptors (Lipinski definition) is 15. The number of aliphatic hydroxyl groups is 6. The third kappa shape index (κ3) is 27.8. The Kier molecular flexibility index (Phi) is 34.7. The van der Waals surface area contributed by atoms with Gasteiger partial charge in [-0.1, -0.05) is 55.4 Å². The van der Waals surface area contributed by atoms with Gasteiger partial charge in [-0.15, -0.1) is 0 Å². The minimum Gasteiger partial charge on any atom is -0.391 e. The molecule has 15 nitrogen and oxygen atoms in total. The van der Waals surface area contributed by atoms with Crippen LogP contribution < -0.4 is 0 Å². The van der Waals surface area contributed by atoms with Crippen molar-refractivity contribution in [2.75, 3.05) is 106 Å². The summed E-state index contributed by atoms with van der Waals surface area (Å²) in [5, 5.41) is 60.9. The zero-order valence-electron chi connectivity index (χ0n) is 36.9. The highest BCUT2D eigenvalue weighted by Crippen LogP contribution is 2.24. The molecule has 0 aliphatic heterocycles. The van der Waals surface area contributed by atoms with Gasteiger partial charge >= 0.3 is 0 Å². The molecule has 0 aromatic rings. The van der Waals surface area contributed by atoms with Crippen molar-refractivity contribution in [3.63, 3.8) is 0 Å². The smallest absolute Gasteiger partial charge is 0.0810 e. The van der Waals surface area contributed by atoms with E-state index in [-0.39, 0.29) is 118 Å². The van der Waals surface area contributed by atoms with E-state index in [1.54, 1.807) is 0 Å². The predicted octanol–water partition coefficient (Wildman–Crippen LogP) is 3.29. The van der Waals surface area contributed by atoms with Gasteiger partial charge in [0.25, 0.3) is 0 Å². The highest BCUT2D eigenvalue weighted by molar-refractivity contribution is 4.82.